The first-order valence-corrected chi connectivity index (χ1v) is 2.48. The predicted octanol–water partition coefficient (Wildman–Crippen LogP) is -3.85. The van der Waals surface area contributed by atoms with Crippen LogP contribution in [0.2, 0.25) is 0 Å². The van der Waals surface area contributed by atoms with Crippen molar-refractivity contribution in [2.45, 2.75) is 0 Å². The fourth-order valence-corrected chi connectivity index (χ4v) is 0. The van der Waals surface area contributed by atoms with Crippen LogP contribution in [0.1, 0.15) is 0 Å². The van der Waals surface area contributed by atoms with Crippen molar-refractivity contribution in [1.29, 1.82) is 0 Å². The molecular weight excluding hydrogens is 137 g/mol. The molecule has 0 fully saturated rings. The van der Waals surface area contributed by atoms with E-state index in [2.05, 4.69) is 0 Å². The Kier molecular flexibility index (Phi) is 8.25. The van der Waals surface area contributed by atoms with E-state index in [4.69, 9.17) is 12.6 Å². The first-order valence-electron chi connectivity index (χ1n) is 0.478. The molecule has 0 saturated carbocycles. The second-order valence-corrected chi connectivity index (χ2v) is 1.04. The van der Waals surface area contributed by atoms with E-state index in [1.165, 1.54) is 0 Å². The minimum atomic E-state index is -3.40. The maximum atomic E-state index is 8.63. The van der Waals surface area contributed by atoms with Gasteiger partial charge in [-0.1, -0.05) is 0 Å². The first kappa shape index (κ1) is 9.11. The van der Waals surface area contributed by atoms with Gasteiger partial charge in [0, 0.05) is 0 Å². The summed E-state index contributed by atoms with van der Waals surface area (Å²) in [5.41, 5.74) is 0. The SMILES string of the molecule is [BeH2].[O-][Br+2]([O-])O. The van der Waals surface area contributed by atoms with E-state index in [-0.39, 0.29) is 10.1 Å². The number of hydrogen-bond donors (Lipinski definition) is 1. The fraction of sp³-hybridized carbons (Fsp3) is 0. The molecule has 0 radical (unpaired) electrons. The van der Waals surface area contributed by atoms with E-state index in [0.29, 0.717) is 0 Å². The van der Waals surface area contributed by atoms with E-state index >= 15 is 0 Å². The molecule has 0 unspecified atom stereocenters. The molecule has 0 rings (SSSR count). The summed E-state index contributed by atoms with van der Waals surface area (Å²) in [6.45, 7) is 0. The summed E-state index contributed by atoms with van der Waals surface area (Å²) in [7, 11) is 0. The summed E-state index contributed by atoms with van der Waals surface area (Å²) in [4.78, 5) is 0. The normalized spacial score (nSPS) is 7.20. The maximum Gasteiger partial charge on any atom is 0.433 e. The molecule has 0 spiro atoms. The van der Waals surface area contributed by atoms with Gasteiger partial charge in [-0.05, 0) is 4.20 Å². The second-order valence-electron chi connectivity index (χ2n) is 0.201. The zero-order chi connectivity index (χ0) is 3.58. The minimum absolute atomic E-state index is 0. The van der Waals surface area contributed by atoms with E-state index < -0.39 is 14.8 Å². The van der Waals surface area contributed by atoms with Crippen molar-refractivity contribution < 1.29 is 27.4 Å². The summed E-state index contributed by atoms with van der Waals surface area (Å²) >= 11 is -3.40. The van der Waals surface area contributed by atoms with Gasteiger partial charge in [0.25, 0.3) is 0 Å². The van der Waals surface area contributed by atoms with Crippen LogP contribution in [0.25, 0.3) is 0 Å². The molecule has 0 amide bonds. The van der Waals surface area contributed by atoms with Crippen LogP contribution in [-0.4, -0.2) is 14.3 Å². The molecule has 0 atom stereocenters. The number of halogens is 1. The van der Waals surface area contributed by atoms with Crippen LogP contribution in [0.15, 0.2) is 0 Å². The molecule has 3 nitrogen and oxygen atoms in total. The first-order chi connectivity index (χ1) is 1.73. The van der Waals surface area contributed by atoms with Crippen LogP contribution < -0.4 is 8.40 Å². The van der Waals surface area contributed by atoms with Gasteiger partial charge in [0.15, 0.2) is 0 Å². The summed E-state index contributed by atoms with van der Waals surface area (Å²) in [6, 6.07) is 0. The zero-order valence-electron chi connectivity index (χ0n) is 1.64. The predicted molar refractivity (Wildman–Crippen MR) is 10.8 cm³/mol. The third-order valence-corrected chi connectivity index (χ3v) is 0. The van der Waals surface area contributed by atoms with E-state index in [1.807, 2.05) is 0 Å². The van der Waals surface area contributed by atoms with Crippen molar-refractivity contribution in [1.82, 2.24) is 0 Å². The average molecular weight is 140 g/mol. The van der Waals surface area contributed by atoms with Crippen molar-refractivity contribution >= 4 is 10.1 Å². The molecule has 5 heteroatoms. The van der Waals surface area contributed by atoms with Gasteiger partial charge in [-0.2, -0.15) is 0 Å². The van der Waals surface area contributed by atoms with Crippen LogP contribution in [-0.2, 0) is 0 Å². The van der Waals surface area contributed by atoms with Gasteiger partial charge in [0.05, 0.1) is 0 Å². The van der Waals surface area contributed by atoms with Gasteiger partial charge in [-0.15, -0.1) is 0 Å². The molecular formula is H3BeBrO3. The van der Waals surface area contributed by atoms with Gasteiger partial charge in [0.2, 0.25) is 0 Å². The molecule has 0 saturated heterocycles. The summed E-state index contributed by atoms with van der Waals surface area (Å²) < 4.78 is 24.3. The molecule has 0 bridgehead atoms. The quantitative estimate of drug-likeness (QED) is 0.350. The molecule has 0 aliphatic heterocycles. The van der Waals surface area contributed by atoms with Crippen LogP contribution >= 0.6 is 0 Å². The van der Waals surface area contributed by atoms with Gasteiger partial charge in [-0.3, -0.25) is 0 Å². The Balaban J connectivity index is 0. The molecule has 0 aromatic carbocycles. The van der Waals surface area contributed by atoms with E-state index in [9.17, 15) is 0 Å². The van der Waals surface area contributed by atoms with E-state index in [0.717, 1.165) is 0 Å². The monoisotopic (exact) mass is 139 g/mol. The average Bonchev–Trinajstić information content (AvgIpc) is 0.811. The Morgan fingerprint density at radius 3 is 1.40 bits per heavy atom. The zero-order valence-corrected chi connectivity index (χ0v) is 3.23. The van der Waals surface area contributed by atoms with Crippen LogP contribution in [0.3, 0.4) is 0 Å². The van der Waals surface area contributed by atoms with Gasteiger partial charge in [-0.25, -0.2) is 0 Å². The minimum Gasteiger partial charge on any atom is -0.372 e. The molecule has 0 heterocycles. The van der Waals surface area contributed by atoms with Crippen LogP contribution in [0.5, 0.6) is 0 Å². The van der Waals surface area contributed by atoms with Crippen molar-refractivity contribution in [3.05, 3.63) is 0 Å². The third kappa shape index (κ3) is 104. The van der Waals surface area contributed by atoms with Gasteiger partial charge < -0.3 is 8.40 Å². The summed E-state index contributed by atoms with van der Waals surface area (Å²) in [5.74, 6) is 0. The van der Waals surface area contributed by atoms with Crippen molar-refractivity contribution in [2.75, 3.05) is 0 Å². The molecule has 0 aliphatic rings. The van der Waals surface area contributed by atoms with Crippen molar-refractivity contribution in [3.8, 4) is 0 Å². The Labute approximate surface area is 38.3 Å². The molecule has 1 N–H and O–H groups in total. The largest absolute Gasteiger partial charge is 0.433 e. The molecule has 0 aromatic heterocycles. The molecule has 5 heavy (non-hydrogen) atoms. The molecule has 0 aliphatic carbocycles. The number of rotatable bonds is 0. The van der Waals surface area contributed by atoms with Crippen LogP contribution in [0.4, 0.5) is 0 Å². The van der Waals surface area contributed by atoms with Gasteiger partial charge in [0.1, 0.15) is 0 Å². The van der Waals surface area contributed by atoms with Gasteiger partial charge >= 0.3 is 24.9 Å². The van der Waals surface area contributed by atoms with Crippen molar-refractivity contribution in [2.24, 2.45) is 0 Å². The maximum absolute atomic E-state index is 8.63. The van der Waals surface area contributed by atoms with Crippen molar-refractivity contribution in [3.63, 3.8) is 0 Å². The summed E-state index contributed by atoms with van der Waals surface area (Å²) in [5, 5.41) is 0. The third-order valence-electron chi connectivity index (χ3n) is 0. The molecule has 0 aromatic rings. The Morgan fingerprint density at radius 1 is 1.40 bits per heavy atom. The van der Waals surface area contributed by atoms with E-state index in [1.54, 1.807) is 0 Å². The Hall–Kier alpha value is 0.529. The summed E-state index contributed by atoms with van der Waals surface area (Å²) in [6.07, 6.45) is 0. The second kappa shape index (κ2) is 4.53. The number of hydrogen-bond acceptors (Lipinski definition) is 3. The standard InChI is InChI=1S/Be.BrHO3.2H/c;2-1(3)4;;/h;2H;;. The Morgan fingerprint density at radius 2 is 1.40 bits per heavy atom. The smallest absolute Gasteiger partial charge is 0.372 e. The fourth-order valence-electron chi connectivity index (χ4n) is 0. The van der Waals surface area contributed by atoms with Crippen LogP contribution in [0, 0.1) is 14.8 Å². The molecule has 30 valence electrons. The topological polar surface area (TPSA) is 66.3 Å². The Bertz CT molecular complexity index is 11.6.